The lowest BCUT2D eigenvalue weighted by Gasteiger charge is -2.33. The fourth-order valence-corrected chi connectivity index (χ4v) is 2.92. The Morgan fingerprint density at radius 3 is 2.62 bits per heavy atom. The monoisotopic (exact) mass is 323 g/mol. The van der Waals surface area contributed by atoms with E-state index in [0.717, 1.165) is 16.9 Å². The van der Waals surface area contributed by atoms with Crippen molar-refractivity contribution in [1.29, 1.82) is 0 Å². The summed E-state index contributed by atoms with van der Waals surface area (Å²) in [5, 5.41) is 15.5. The van der Waals surface area contributed by atoms with Gasteiger partial charge in [-0.3, -0.25) is 0 Å². The highest BCUT2D eigenvalue weighted by molar-refractivity contribution is 5.30. The van der Waals surface area contributed by atoms with Crippen molar-refractivity contribution in [2.75, 3.05) is 7.11 Å². The van der Waals surface area contributed by atoms with Gasteiger partial charge in [0, 0.05) is 0 Å². The van der Waals surface area contributed by atoms with E-state index in [1.807, 2.05) is 61.5 Å². The van der Waals surface area contributed by atoms with Crippen LogP contribution in [0.25, 0.3) is 0 Å². The van der Waals surface area contributed by atoms with Gasteiger partial charge in [0.25, 0.3) is 0 Å². The second-order valence-electron chi connectivity index (χ2n) is 5.96. The molecule has 5 heteroatoms. The summed E-state index contributed by atoms with van der Waals surface area (Å²) in [6, 6.07) is 17.2. The Morgan fingerprint density at radius 2 is 1.96 bits per heavy atom. The minimum atomic E-state index is -1.10. The van der Waals surface area contributed by atoms with Gasteiger partial charge < -0.3 is 9.84 Å². The fourth-order valence-electron chi connectivity index (χ4n) is 2.92. The van der Waals surface area contributed by atoms with E-state index in [9.17, 15) is 5.11 Å². The quantitative estimate of drug-likeness (QED) is 0.757. The van der Waals surface area contributed by atoms with Gasteiger partial charge in [-0.2, -0.15) is 5.10 Å². The van der Waals surface area contributed by atoms with Crippen LogP contribution in [0.4, 0.5) is 0 Å². The molecule has 2 aromatic carbocycles. The van der Waals surface area contributed by atoms with Crippen LogP contribution in [-0.2, 0) is 12.0 Å². The summed E-state index contributed by atoms with van der Waals surface area (Å²) >= 11 is 0. The lowest BCUT2D eigenvalue weighted by atomic mass is 9.84. The molecular formula is C19H21N3O2. The van der Waals surface area contributed by atoms with Crippen LogP contribution in [0.3, 0.4) is 0 Å². The van der Waals surface area contributed by atoms with E-state index in [-0.39, 0.29) is 6.04 Å². The van der Waals surface area contributed by atoms with E-state index < -0.39 is 5.60 Å². The Bertz CT molecular complexity index is 770. The highest BCUT2D eigenvalue weighted by atomic mass is 16.5. The molecule has 1 N–H and O–H groups in total. The summed E-state index contributed by atoms with van der Waals surface area (Å²) in [5.41, 5.74) is 0.803. The molecule has 124 valence electrons. The lowest BCUT2D eigenvalue weighted by Crippen LogP contribution is -2.36. The second-order valence-corrected chi connectivity index (χ2v) is 5.96. The number of hydrogen-bond acceptors (Lipinski definition) is 4. The van der Waals surface area contributed by atoms with Crippen LogP contribution in [0.2, 0.25) is 0 Å². The van der Waals surface area contributed by atoms with Crippen molar-refractivity contribution < 1.29 is 9.84 Å². The molecule has 0 bridgehead atoms. The Balaban J connectivity index is 1.98. The SMILES string of the molecule is COc1cccc(CC(n2cncn2)C(C)(O)c2ccccc2)c1. The molecule has 0 saturated heterocycles. The summed E-state index contributed by atoms with van der Waals surface area (Å²) in [7, 11) is 1.65. The predicted molar refractivity (Wildman–Crippen MR) is 91.8 cm³/mol. The fraction of sp³-hybridized carbons (Fsp3) is 0.263. The maximum absolute atomic E-state index is 11.3. The number of aromatic nitrogens is 3. The molecule has 5 nitrogen and oxygen atoms in total. The minimum absolute atomic E-state index is 0.297. The molecule has 3 rings (SSSR count). The van der Waals surface area contributed by atoms with Crippen molar-refractivity contribution >= 4 is 0 Å². The number of nitrogens with zero attached hydrogens (tertiary/aromatic N) is 3. The van der Waals surface area contributed by atoms with E-state index in [1.165, 1.54) is 6.33 Å². The van der Waals surface area contributed by atoms with Gasteiger partial charge in [0.2, 0.25) is 0 Å². The van der Waals surface area contributed by atoms with Crippen molar-refractivity contribution in [1.82, 2.24) is 14.8 Å². The highest BCUT2D eigenvalue weighted by Crippen LogP contribution is 2.35. The molecule has 0 aliphatic rings. The highest BCUT2D eigenvalue weighted by Gasteiger charge is 2.35. The van der Waals surface area contributed by atoms with Gasteiger partial charge in [-0.05, 0) is 36.6 Å². The van der Waals surface area contributed by atoms with Gasteiger partial charge in [-0.1, -0.05) is 42.5 Å². The molecule has 3 aromatic rings. The normalized spacial score (nSPS) is 14.8. The second kappa shape index (κ2) is 6.84. The zero-order valence-electron chi connectivity index (χ0n) is 13.8. The molecule has 0 amide bonds. The third-order valence-corrected chi connectivity index (χ3v) is 4.33. The molecule has 1 heterocycles. The van der Waals surface area contributed by atoms with Crippen LogP contribution in [0.15, 0.2) is 67.3 Å². The molecule has 2 unspecified atom stereocenters. The van der Waals surface area contributed by atoms with E-state index in [2.05, 4.69) is 10.1 Å². The largest absolute Gasteiger partial charge is 0.497 e. The molecule has 0 aliphatic carbocycles. The molecule has 0 saturated carbocycles. The van der Waals surface area contributed by atoms with Gasteiger partial charge >= 0.3 is 0 Å². The molecule has 0 spiro atoms. The molecule has 2 atom stereocenters. The Labute approximate surface area is 141 Å². The third-order valence-electron chi connectivity index (χ3n) is 4.33. The number of rotatable bonds is 6. The van der Waals surface area contributed by atoms with E-state index >= 15 is 0 Å². The van der Waals surface area contributed by atoms with E-state index in [4.69, 9.17) is 4.74 Å². The maximum Gasteiger partial charge on any atom is 0.137 e. The van der Waals surface area contributed by atoms with E-state index in [0.29, 0.717) is 6.42 Å². The topological polar surface area (TPSA) is 60.2 Å². The minimum Gasteiger partial charge on any atom is -0.497 e. The van der Waals surface area contributed by atoms with Crippen molar-refractivity contribution in [3.8, 4) is 5.75 Å². The zero-order valence-corrected chi connectivity index (χ0v) is 13.8. The van der Waals surface area contributed by atoms with Crippen molar-refractivity contribution in [3.63, 3.8) is 0 Å². The van der Waals surface area contributed by atoms with Crippen LogP contribution in [-0.4, -0.2) is 27.0 Å². The van der Waals surface area contributed by atoms with Crippen LogP contribution >= 0.6 is 0 Å². The Morgan fingerprint density at radius 1 is 1.17 bits per heavy atom. The Hall–Kier alpha value is -2.66. The smallest absolute Gasteiger partial charge is 0.137 e. The number of ether oxygens (including phenoxy) is 1. The first-order valence-corrected chi connectivity index (χ1v) is 7.86. The van der Waals surface area contributed by atoms with Gasteiger partial charge in [0.1, 0.15) is 24.0 Å². The first-order valence-electron chi connectivity index (χ1n) is 7.86. The van der Waals surface area contributed by atoms with Gasteiger partial charge in [0.15, 0.2) is 0 Å². The third kappa shape index (κ3) is 3.31. The summed E-state index contributed by atoms with van der Waals surface area (Å²) in [6.45, 7) is 1.81. The van der Waals surface area contributed by atoms with Crippen molar-refractivity contribution in [3.05, 3.63) is 78.4 Å². The molecule has 0 fully saturated rings. The summed E-state index contributed by atoms with van der Waals surface area (Å²) in [6.07, 6.45) is 3.73. The van der Waals surface area contributed by atoms with Gasteiger partial charge in [0.05, 0.1) is 13.2 Å². The van der Waals surface area contributed by atoms with Crippen LogP contribution in [0, 0.1) is 0 Å². The first-order chi connectivity index (χ1) is 11.6. The maximum atomic E-state index is 11.3. The van der Waals surface area contributed by atoms with Crippen LogP contribution < -0.4 is 4.74 Å². The van der Waals surface area contributed by atoms with Gasteiger partial charge in [-0.25, -0.2) is 9.67 Å². The van der Waals surface area contributed by atoms with Crippen LogP contribution in [0.5, 0.6) is 5.75 Å². The summed E-state index contributed by atoms with van der Waals surface area (Å²) in [5.74, 6) is 0.796. The summed E-state index contributed by atoms with van der Waals surface area (Å²) in [4.78, 5) is 4.04. The van der Waals surface area contributed by atoms with Crippen molar-refractivity contribution in [2.45, 2.75) is 25.0 Å². The molecule has 1 aromatic heterocycles. The average molecular weight is 323 g/mol. The number of hydrogen-bond donors (Lipinski definition) is 1. The summed E-state index contributed by atoms with van der Waals surface area (Å²) < 4.78 is 7.01. The zero-order chi connectivity index (χ0) is 17.0. The van der Waals surface area contributed by atoms with Crippen LogP contribution in [0.1, 0.15) is 24.1 Å². The molecule has 0 radical (unpaired) electrons. The molecular weight excluding hydrogens is 302 g/mol. The average Bonchev–Trinajstić information content (AvgIpc) is 3.14. The molecule has 24 heavy (non-hydrogen) atoms. The number of aliphatic hydroxyl groups is 1. The number of methoxy groups -OCH3 is 1. The standard InChI is InChI=1S/C19H21N3O2/c1-19(23,16-8-4-3-5-9-16)18(22-14-20-13-21-22)12-15-7-6-10-17(11-15)24-2/h3-11,13-14,18,23H,12H2,1-2H3. The number of benzene rings is 2. The first kappa shape index (κ1) is 16.2. The van der Waals surface area contributed by atoms with Crippen molar-refractivity contribution in [2.24, 2.45) is 0 Å². The lowest BCUT2D eigenvalue weighted by molar-refractivity contribution is -0.00476. The Kier molecular flexibility index (Phi) is 4.62. The predicted octanol–water partition coefficient (Wildman–Crippen LogP) is 2.98. The van der Waals surface area contributed by atoms with Gasteiger partial charge in [-0.15, -0.1) is 0 Å². The molecule has 0 aliphatic heterocycles. The van der Waals surface area contributed by atoms with E-state index in [1.54, 1.807) is 18.1 Å².